The van der Waals surface area contributed by atoms with Gasteiger partial charge in [-0.1, -0.05) is 29.3 Å². The standard InChI is InChI=1S/C20H15ClFNO4S.C9H7ClO3S/c1-11-20(16-9-13(22)3-4-17(16)23(11)10-19(24)25)14-6-7-28(26,27)18-5-2-12(21)8-15(14)18;10-6-1-2-9-7(5-6)8(11)3-4-14(9,12)13/h2-6,8-9H,7,10H2,1H3,(H,24,25);1-2,5H,3-4H2. The molecule has 0 unspecified atom stereocenters. The molecule has 0 radical (unpaired) electrons. The maximum absolute atomic E-state index is 14.0. The van der Waals surface area contributed by atoms with E-state index >= 15 is 0 Å². The predicted molar refractivity (Wildman–Crippen MR) is 157 cm³/mol. The average Bonchev–Trinajstić information content (AvgIpc) is 3.16. The molecule has 0 spiro atoms. The van der Waals surface area contributed by atoms with Crippen LogP contribution in [0.4, 0.5) is 4.39 Å². The van der Waals surface area contributed by atoms with E-state index in [1.165, 1.54) is 48.5 Å². The molecule has 3 aromatic carbocycles. The highest BCUT2D eigenvalue weighted by molar-refractivity contribution is 7.92. The Hall–Kier alpha value is -3.51. The van der Waals surface area contributed by atoms with Gasteiger partial charge >= 0.3 is 5.97 Å². The summed E-state index contributed by atoms with van der Waals surface area (Å²) in [5.74, 6) is -1.94. The van der Waals surface area contributed by atoms with Gasteiger partial charge in [0.05, 0.1) is 21.3 Å². The van der Waals surface area contributed by atoms with Crippen molar-refractivity contribution in [1.82, 2.24) is 4.57 Å². The molecule has 42 heavy (non-hydrogen) atoms. The van der Waals surface area contributed by atoms with Crippen LogP contribution in [-0.2, 0) is 31.0 Å². The van der Waals surface area contributed by atoms with Crippen LogP contribution < -0.4 is 0 Å². The van der Waals surface area contributed by atoms with Crippen molar-refractivity contribution in [2.75, 3.05) is 11.5 Å². The second-order valence-electron chi connectivity index (χ2n) is 9.77. The summed E-state index contributed by atoms with van der Waals surface area (Å²) in [6.07, 6.45) is 1.63. The van der Waals surface area contributed by atoms with Gasteiger partial charge in [-0.3, -0.25) is 9.59 Å². The van der Waals surface area contributed by atoms with E-state index in [-0.39, 0.29) is 45.6 Å². The number of aromatic nitrogens is 1. The van der Waals surface area contributed by atoms with Crippen LogP contribution in [0.5, 0.6) is 0 Å². The summed E-state index contributed by atoms with van der Waals surface area (Å²) in [6, 6.07) is 13.0. The van der Waals surface area contributed by atoms with Gasteiger partial charge in [0.15, 0.2) is 25.5 Å². The monoisotopic (exact) mass is 649 g/mol. The Bertz CT molecular complexity index is 2070. The second kappa shape index (κ2) is 11.0. The van der Waals surface area contributed by atoms with Gasteiger partial charge in [0, 0.05) is 49.8 Å². The molecule has 1 aromatic heterocycles. The molecule has 0 amide bonds. The smallest absolute Gasteiger partial charge is 0.323 e. The molecule has 2 aliphatic heterocycles. The molecule has 4 aromatic rings. The number of hydrogen-bond acceptors (Lipinski definition) is 6. The Morgan fingerprint density at radius 2 is 1.55 bits per heavy atom. The van der Waals surface area contributed by atoms with Crippen molar-refractivity contribution in [1.29, 1.82) is 0 Å². The van der Waals surface area contributed by atoms with Crippen LogP contribution in [0.15, 0.2) is 70.5 Å². The number of nitrogens with zero attached hydrogens (tertiary/aromatic N) is 1. The number of aliphatic carboxylic acids is 1. The fraction of sp³-hybridized carbons (Fsp3) is 0.172. The van der Waals surface area contributed by atoms with Crippen LogP contribution in [0.2, 0.25) is 10.0 Å². The van der Waals surface area contributed by atoms with E-state index in [0.717, 1.165) is 0 Å². The third kappa shape index (κ3) is 5.49. The van der Waals surface area contributed by atoms with Gasteiger partial charge in [-0.2, -0.15) is 0 Å². The predicted octanol–water partition coefficient (Wildman–Crippen LogP) is 5.75. The van der Waals surface area contributed by atoms with E-state index in [4.69, 9.17) is 23.2 Å². The maximum atomic E-state index is 14.0. The van der Waals surface area contributed by atoms with Crippen molar-refractivity contribution in [3.8, 4) is 0 Å². The lowest BCUT2D eigenvalue weighted by Crippen LogP contribution is -2.21. The molecule has 2 aliphatic rings. The number of carboxylic acid groups (broad SMARTS) is 1. The zero-order valence-electron chi connectivity index (χ0n) is 21.9. The number of ketones is 1. The highest BCUT2D eigenvalue weighted by Gasteiger charge is 2.30. The molecule has 0 saturated heterocycles. The topological polar surface area (TPSA) is 128 Å². The molecule has 8 nitrogen and oxygen atoms in total. The van der Waals surface area contributed by atoms with E-state index in [9.17, 15) is 35.9 Å². The van der Waals surface area contributed by atoms with E-state index in [1.54, 1.807) is 23.6 Å². The zero-order chi connectivity index (χ0) is 30.6. The van der Waals surface area contributed by atoms with Crippen LogP contribution in [-0.4, -0.2) is 49.8 Å². The largest absolute Gasteiger partial charge is 0.480 e. The number of carbonyl (C=O) groups is 2. The van der Waals surface area contributed by atoms with Gasteiger partial charge < -0.3 is 9.67 Å². The van der Waals surface area contributed by atoms with Crippen molar-refractivity contribution in [3.05, 3.63) is 98.9 Å². The van der Waals surface area contributed by atoms with Crippen molar-refractivity contribution < 1.29 is 35.9 Å². The first-order chi connectivity index (χ1) is 19.7. The van der Waals surface area contributed by atoms with Crippen LogP contribution in [0, 0.1) is 12.7 Å². The minimum atomic E-state index is -3.50. The summed E-state index contributed by atoms with van der Waals surface area (Å²) < 4.78 is 63.6. The summed E-state index contributed by atoms with van der Waals surface area (Å²) in [6.45, 7) is 1.45. The van der Waals surface area contributed by atoms with Crippen molar-refractivity contribution in [3.63, 3.8) is 0 Å². The van der Waals surface area contributed by atoms with Crippen LogP contribution in [0.3, 0.4) is 0 Å². The fourth-order valence-corrected chi connectivity index (χ4v) is 8.36. The first-order valence-corrected chi connectivity index (χ1v) is 16.5. The molecule has 1 N–H and O–H groups in total. The third-order valence-corrected chi connectivity index (χ3v) is 11.0. The fourth-order valence-electron chi connectivity index (χ4n) is 5.21. The normalized spacial score (nSPS) is 16.6. The van der Waals surface area contributed by atoms with Crippen LogP contribution in [0.25, 0.3) is 16.5 Å². The minimum absolute atomic E-state index is 0.0513. The Kier molecular flexibility index (Phi) is 7.82. The number of halogens is 3. The lowest BCUT2D eigenvalue weighted by Gasteiger charge is -2.19. The van der Waals surface area contributed by atoms with Gasteiger partial charge in [0.2, 0.25) is 0 Å². The quantitative estimate of drug-likeness (QED) is 0.299. The number of benzene rings is 3. The number of carboxylic acids is 1. The zero-order valence-corrected chi connectivity index (χ0v) is 25.0. The Morgan fingerprint density at radius 3 is 2.19 bits per heavy atom. The SMILES string of the molecule is Cc1c(C2=CCS(=O)(=O)c3ccc(Cl)cc32)c2cc(F)ccc2n1CC(=O)O.O=C1CCS(=O)(=O)c2ccc(Cl)cc21. The van der Waals surface area contributed by atoms with E-state index in [2.05, 4.69) is 0 Å². The molecule has 0 fully saturated rings. The number of rotatable bonds is 3. The molecule has 218 valence electrons. The van der Waals surface area contributed by atoms with Gasteiger partial charge in [0.1, 0.15) is 12.4 Å². The number of carbonyl (C=O) groups excluding carboxylic acids is 1. The number of fused-ring (bicyclic) bond motifs is 3. The highest BCUT2D eigenvalue weighted by Crippen LogP contribution is 2.41. The lowest BCUT2D eigenvalue weighted by atomic mass is 9.95. The van der Waals surface area contributed by atoms with Crippen molar-refractivity contribution in [2.24, 2.45) is 0 Å². The highest BCUT2D eigenvalue weighted by atomic mass is 35.5. The molecule has 0 atom stereocenters. The lowest BCUT2D eigenvalue weighted by molar-refractivity contribution is -0.137. The average molecular weight is 651 g/mol. The van der Waals surface area contributed by atoms with Crippen molar-refractivity contribution in [2.45, 2.75) is 29.7 Å². The molecular weight excluding hydrogens is 628 g/mol. The molecular formula is C29H22Cl2FNO7S2. The second-order valence-corrected chi connectivity index (χ2v) is 14.7. The first-order valence-electron chi connectivity index (χ1n) is 12.5. The summed E-state index contributed by atoms with van der Waals surface area (Å²) in [7, 11) is -6.77. The summed E-state index contributed by atoms with van der Waals surface area (Å²) in [5.41, 5.74) is 3.04. The number of hydrogen-bond donors (Lipinski definition) is 1. The van der Waals surface area contributed by atoms with E-state index in [1.807, 2.05) is 0 Å². The minimum Gasteiger partial charge on any atom is -0.480 e. The van der Waals surface area contributed by atoms with Gasteiger partial charge in [0.25, 0.3) is 0 Å². The Labute approximate surface area is 250 Å². The van der Waals surface area contributed by atoms with Crippen LogP contribution in [0.1, 0.15) is 33.6 Å². The third-order valence-electron chi connectivity index (χ3n) is 7.10. The Morgan fingerprint density at radius 1 is 0.929 bits per heavy atom. The number of sulfone groups is 2. The molecule has 0 bridgehead atoms. The first kappa shape index (κ1) is 30.0. The summed E-state index contributed by atoms with van der Waals surface area (Å²) in [4.78, 5) is 23.0. The van der Waals surface area contributed by atoms with Gasteiger partial charge in [-0.25, -0.2) is 21.2 Å². The van der Waals surface area contributed by atoms with E-state index < -0.39 is 31.5 Å². The van der Waals surface area contributed by atoms with E-state index in [0.29, 0.717) is 43.3 Å². The summed E-state index contributed by atoms with van der Waals surface area (Å²) >= 11 is 11.8. The number of Topliss-reactive ketones (excluding diaryl/α,β-unsaturated/α-hetero) is 1. The summed E-state index contributed by atoms with van der Waals surface area (Å²) in [5, 5.41) is 10.6. The molecule has 3 heterocycles. The Balaban J connectivity index is 0.000000211. The molecule has 13 heteroatoms. The molecule has 0 saturated carbocycles. The maximum Gasteiger partial charge on any atom is 0.323 e. The molecule has 0 aliphatic carbocycles. The van der Waals surface area contributed by atoms with Crippen LogP contribution >= 0.6 is 23.2 Å². The van der Waals surface area contributed by atoms with Crippen molar-refractivity contribution >= 4 is 71.1 Å². The van der Waals surface area contributed by atoms with Gasteiger partial charge in [-0.15, -0.1) is 0 Å². The van der Waals surface area contributed by atoms with Gasteiger partial charge in [-0.05, 0) is 67.1 Å². The molecule has 6 rings (SSSR count).